The van der Waals surface area contributed by atoms with Gasteiger partial charge >= 0.3 is 17.6 Å². The minimum absolute atomic E-state index is 0.0227. The molecule has 11 heteroatoms. The molecule has 2 aliphatic heterocycles. The normalized spacial score (nSPS) is 14.9. The molecule has 0 saturated heterocycles. The van der Waals surface area contributed by atoms with Crippen molar-refractivity contribution in [2.75, 3.05) is 6.61 Å². The fraction of sp³-hybridized carbons (Fsp3) is 0.289. The Morgan fingerprint density at radius 3 is 2.29 bits per heavy atom. The van der Waals surface area contributed by atoms with E-state index in [1.54, 1.807) is 37.3 Å². The summed E-state index contributed by atoms with van der Waals surface area (Å²) in [7, 11) is 0. The minimum Gasteiger partial charge on any atom is -0.462 e. The summed E-state index contributed by atoms with van der Waals surface area (Å²) in [4.78, 5) is 46.5. The molecule has 2 aromatic heterocycles. The van der Waals surface area contributed by atoms with E-state index in [2.05, 4.69) is 18.8 Å². The van der Waals surface area contributed by atoms with Gasteiger partial charge in [-0.25, -0.2) is 14.6 Å². The molecule has 1 N–H and O–H groups in total. The van der Waals surface area contributed by atoms with Crippen molar-refractivity contribution >= 4 is 34.6 Å². The predicted octanol–water partition coefficient (Wildman–Crippen LogP) is 9.57. The minimum atomic E-state index is -0.598. The first-order valence-electron chi connectivity index (χ1n) is 18.8. The van der Waals surface area contributed by atoms with E-state index in [0.717, 1.165) is 33.2 Å². The van der Waals surface area contributed by atoms with Gasteiger partial charge < -0.3 is 33.1 Å². The molecule has 0 saturated carbocycles. The molecule has 0 fully saturated rings. The maximum absolute atomic E-state index is 13.9. The number of benzene rings is 3. The fourth-order valence-electron chi connectivity index (χ4n) is 7.10. The number of nitrogens with one attached hydrogen (secondary N) is 1. The molecule has 7 rings (SSSR count). The predicted molar refractivity (Wildman–Crippen MR) is 213 cm³/mol. The summed E-state index contributed by atoms with van der Waals surface area (Å²) in [6.45, 7) is 15.9. The Morgan fingerprint density at radius 1 is 0.857 bits per heavy atom. The van der Waals surface area contributed by atoms with Crippen molar-refractivity contribution in [2.24, 2.45) is 10.9 Å². The van der Waals surface area contributed by atoms with Gasteiger partial charge in [0.1, 0.15) is 39.9 Å². The summed E-state index contributed by atoms with van der Waals surface area (Å²) in [6, 6.07) is 19.6. The first-order chi connectivity index (χ1) is 26.8. The molecular formula is C45H44N2O9. The van der Waals surface area contributed by atoms with Gasteiger partial charge in [-0.15, -0.1) is 0 Å². The summed E-state index contributed by atoms with van der Waals surface area (Å²) in [5.41, 5.74) is 6.29. The maximum atomic E-state index is 13.9. The number of ether oxygens (including phenoxy) is 5. The van der Waals surface area contributed by atoms with Crippen molar-refractivity contribution in [3.63, 3.8) is 0 Å². The Balaban J connectivity index is 1.43. The van der Waals surface area contributed by atoms with E-state index < -0.39 is 11.6 Å². The molecule has 5 aromatic rings. The largest absolute Gasteiger partial charge is 0.462 e. The second-order valence-electron chi connectivity index (χ2n) is 14.6. The number of H-pyrrole nitrogens is 1. The van der Waals surface area contributed by atoms with E-state index in [1.165, 1.54) is 6.07 Å². The van der Waals surface area contributed by atoms with Crippen LogP contribution in [0.5, 0.6) is 28.9 Å². The van der Waals surface area contributed by atoms with Crippen LogP contribution in [0.1, 0.15) is 80.5 Å². The zero-order valence-electron chi connectivity index (χ0n) is 32.7. The summed E-state index contributed by atoms with van der Waals surface area (Å²) >= 11 is 0. The first-order valence-corrected chi connectivity index (χ1v) is 18.8. The lowest BCUT2D eigenvalue weighted by Gasteiger charge is -2.20. The van der Waals surface area contributed by atoms with Crippen LogP contribution in [-0.2, 0) is 20.7 Å². The number of fused-ring (bicyclic) bond motifs is 2. The van der Waals surface area contributed by atoms with Crippen molar-refractivity contribution < 1.29 is 37.7 Å². The SMILES string of the molecule is CCOC(=O)C1=C(C(C)C)/C(=C(\Oc2c(C)cc(C)cc2C)c2[nH]c(Oc3ccc4ccc(=O)oc4c3)cc2C(C)C)N=C1Oc1ccc2c(c1)OC(=O)CC2. The van der Waals surface area contributed by atoms with Crippen LogP contribution in [0, 0.1) is 26.7 Å². The maximum Gasteiger partial charge on any atom is 0.344 e. The second kappa shape index (κ2) is 15.4. The van der Waals surface area contributed by atoms with Crippen LogP contribution in [0.4, 0.5) is 0 Å². The zero-order chi connectivity index (χ0) is 39.8. The summed E-state index contributed by atoms with van der Waals surface area (Å²) in [5.74, 6) is 1.41. The molecule has 288 valence electrons. The van der Waals surface area contributed by atoms with Gasteiger partial charge in [0.2, 0.25) is 5.90 Å². The summed E-state index contributed by atoms with van der Waals surface area (Å²) in [6.07, 6.45) is 0.859. The van der Waals surface area contributed by atoms with Gasteiger partial charge in [0.05, 0.1) is 18.7 Å². The molecule has 0 spiro atoms. The molecule has 0 bridgehead atoms. The number of aryl methyl sites for hydroxylation is 4. The Kier molecular flexibility index (Phi) is 10.4. The molecular weight excluding hydrogens is 712 g/mol. The van der Waals surface area contributed by atoms with Crippen LogP contribution in [0.3, 0.4) is 0 Å². The van der Waals surface area contributed by atoms with E-state index in [4.69, 9.17) is 33.1 Å². The quantitative estimate of drug-likeness (QED) is 0.0639. The molecule has 0 radical (unpaired) electrons. The number of aliphatic imine (C=N–C) groups is 1. The van der Waals surface area contributed by atoms with E-state index in [9.17, 15) is 14.4 Å². The van der Waals surface area contributed by atoms with Gasteiger partial charge in [0, 0.05) is 35.2 Å². The Bertz CT molecular complexity index is 2520. The molecule has 0 atom stereocenters. The fourth-order valence-corrected chi connectivity index (χ4v) is 7.10. The van der Waals surface area contributed by atoms with Crippen LogP contribution in [0.2, 0.25) is 0 Å². The van der Waals surface area contributed by atoms with Crippen molar-refractivity contribution in [3.05, 3.63) is 128 Å². The van der Waals surface area contributed by atoms with Crippen LogP contribution < -0.4 is 24.6 Å². The monoisotopic (exact) mass is 756 g/mol. The number of nitrogens with zero attached hydrogens (tertiary/aromatic N) is 1. The Hall–Kier alpha value is -6.36. The van der Waals surface area contributed by atoms with Gasteiger partial charge in [-0.3, -0.25) is 4.79 Å². The Morgan fingerprint density at radius 2 is 1.57 bits per heavy atom. The van der Waals surface area contributed by atoms with Crippen molar-refractivity contribution in [2.45, 2.75) is 74.1 Å². The van der Waals surface area contributed by atoms with Gasteiger partial charge in [-0.2, -0.15) is 0 Å². The number of aromatic nitrogens is 1. The van der Waals surface area contributed by atoms with E-state index in [-0.39, 0.29) is 35.9 Å². The number of esters is 2. The van der Waals surface area contributed by atoms with E-state index in [1.807, 2.05) is 65.0 Å². The number of hydrogen-bond acceptors (Lipinski definition) is 10. The van der Waals surface area contributed by atoms with Crippen molar-refractivity contribution in [1.82, 2.24) is 4.98 Å². The lowest BCUT2D eigenvalue weighted by molar-refractivity contribution is -0.138. The average molecular weight is 757 g/mol. The molecule has 0 aliphatic carbocycles. The summed E-state index contributed by atoms with van der Waals surface area (Å²) < 4.78 is 36.3. The van der Waals surface area contributed by atoms with Crippen molar-refractivity contribution in [1.29, 1.82) is 0 Å². The lowest BCUT2D eigenvalue weighted by Crippen LogP contribution is -2.21. The van der Waals surface area contributed by atoms with Gasteiger partial charge in [-0.05, 0) is 92.5 Å². The molecule has 11 nitrogen and oxygen atoms in total. The third-order valence-electron chi connectivity index (χ3n) is 9.60. The molecule has 3 aromatic carbocycles. The number of carbonyl (C=O) groups excluding carboxylic acids is 2. The standard InChI is InChI=1S/C45H44N2O9/c1-9-51-45(50)39-38(24(4)5)41(47-44(39)53-31-15-11-29-13-17-37(49)55-34(29)21-31)43(56-42-26(7)18-25(6)19-27(42)8)40-32(23(2)3)22-35(46-40)52-30-14-10-28-12-16-36(48)54-33(28)20-30/h10-12,14-16,18-24,46H,9,13,17H2,1-8H3/b43-41+. The van der Waals surface area contributed by atoms with Crippen LogP contribution >= 0.6 is 0 Å². The first kappa shape index (κ1) is 37.9. The average Bonchev–Trinajstić information content (AvgIpc) is 3.73. The van der Waals surface area contributed by atoms with Crippen LogP contribution in [0.15, 0.2) is 97.8 Å². The molecule has 4 heterocycles. The zero-order valence-corrected chi connectivity index (χ0v) is 32.7. The highest BCUT2D eigenvalue weighted by atomic mass is 16.5. The number of hydrogen-bond donors (Lipinski definition) is 1. The highest BCUT2D eigenvalue weighted by molar-refractivity contribution is 6.21. The molecule has 56 heavy (non-hydrogen) atoms. The van der Waals surface area contributed by atoms with Crippen LogP contribution in [0.25, 0.3) is 16.7 Å². The molecule has 0 amide bonds. The second-order valence-corrected chi connectivity index (χ2v) is 14.6. The molecule has 0 unspecified atom stereocenters. The van der Waals surface area contributed by atoms with E-state index in [0.29, 0.717) is 70.0 Å². The summed E-state index contributed by atoms with van der Waals surface area (Å²) in [5, 5.41) is 0.759. The lowest BCUT2D eigenvalue weighted by atomic mass is 9.93. The third-order valence-corrected chi connectivity index (χ3v) is 9.60. The van der Waals surface area contributed by atoms with E-state index >= 15 is 0 Å². The van der Waals surface area contributed by atoms with Gasteiger partial charge in [-0.1, -0.05) is 51.5 Å². The Labute approximate surface area is 324 Å². The topological polar surface area (TPSA) is 139 Å². The smallest absolute Gasteiger partial charge is 0.344 e. The molecule has 2 aliphatic rings. The van der Waals surface area contributed by atoms with Gasteiger partial charge in [0.15, 0.2) is 11.6 Å². The van der Waals surface area contributed by atoms with Gasteiger partial charge in [0.25, 0.3) is 0 Å². The van der Waals surface area contributed by atoms with Crippen LogP contribution in [-0.4, -0.2) is 29.4 Å². The number of carbonyl (C=O) groups is 2. The third kappa shape index (κ3) is 7.62. The number of aromatic amines is 1. The highest BCUT2D eigenvalue weighted by Crippen LogP contribution is 2.43. The highest BCUT2D eigenvalue weighted by Gasteiger charge is 2.38. The number of rotatable bonds is 10. The van der Waals surface area contributed by atoms with Crippen molar-refractivity contribution in [3.8, 4) is 28.9 Å². The number of allylic oxidation sites excluding steroid dienone is 1.